The third-order valence-corrected chi connectivity index (χ3v) is 7.47. The molecule has 34 heavy (non-hydrogen) atoms. The first-order chi connectivity index (χ1) is 16.6. The van der Waals surface area contributed by atoms with E-state index >= 15 is 0 Å². The van der Waals surface area contributed by atoms with Crippen LogP contribution in [0, 0.1) is 11.3 Å². The summed E-state index contributed by atoms with van der Waals surface area (Å²) in [4.78, 5) is 8.92. The standard InChI is InChI=1S/C27H15N2O3PS/c28-16-19(32-33(30)31)15-17-9-11-18(12-10-17)29-23-7-3-1-6-22(23)26-24(29)14-13-21-20-5-2-4-8-25(20)34-27(21)26/h1-15H/p+1. The summed E-state index contributed by atoms with van der Waals surface area (Å²) in [6.07, 6.45) is 1.44. The molecule has 5 nitrogen and oxygen atoms in total. The first-order valence-corrected chi connectivity index (χ1v) is 12.5. The van der Waals surface area contributed by atoms with Gasteiger partial charge in [-0.15, -0.1) is 16.2 Å². The molecule has 0 bridgehead atoms. The van der Waals surface area contributed by atoms with E-state index in [1.54, 1.807) is 6.07 Å². The third-order valence-electron chi connectivity index (χ3n) is 5.92. The Balaban J connectivity index is 1.57. The van der Waals surface area contributed by atoms with Gasteiger partial charge in [-0.3, -0.25) is 0 Å². The molecule has 162 valence electrons. The minimum atomic E-state index is -2.88. The first kappa shape index (κ1) is 20.6. The number of rotatable bonds is 4. The Morgan fingerprint density at radius 2 is 1.65 bits per heavy atom. The van der Waals surface area contributed by atoms with Gasteiger partial charge in [-0.25, -0.2) is 4.52 Å². The molecular weight excluding hydrogens is 463 g/mol. The van der Waals surface area contributed by atoms with Crippen LogP contribution in [0.5, 0.6) is 0 Å². The van der Waals surface area contributed by atoms with Crippen molar-refractivity contribution in [1.82, 2.24) is 4.57 Å². The van der Waals surface area contributed by atoms with E-state index in [1.165, 1.54) is 37.0 Å². The molecule has 1 unspecified atom stereocenters. The van der Waals surface area contributed by atoms with Gasteiger partial charge < -0.3 is 4.57 Å². The summed E-state index contributed by atoms with van der Waals surface area (Å²) in [5.74, 6) is -0.208. The summed E-state index contributed by atoms with van der Waals surface area (Å²) in [6.45, 7) is 0. The van der Waals surface area contributed by atoms with Crippen molar-refractivity contribution >= 4 is 67.6 Å². The van der Waals surface area contributed by atoms with Gasteiger partial charge in [-0.1, -0.05) is 54.6 Å². The van der Waals surface area contributed by atoms with E-state index in [0.29, 0.717) is 5.56 Å². The molecule has 1 N–H and O–H groups in total. The van der Waals surface area contributed by atoms with Crippen molar-refractivity contribution < 1.29 is 14.0 Å². The van der Waals surface area contributed by atoms with Crippen LogP contribution in [0.25, 0.3) is 53.7 Å². The van der Waals surface area contributed by atoms with Gasteiger partial charge >= 0.3 is 8.25 Å². The number of fused-ring (bicyclic) bond motifs is 7. The van der Waals surface area contributed by atoms with Crippen LogP contribution in [-0.2, 0) is 9.09 Å². The molecule has 2 heterocycles. The summed E-state index contributed by atoms with van der Waals surface area (Å²) in [7, 11) is -2.88. The van der Waals surface area contributed by atoms with E-state index in [9.17, 15) is 4.57 Å². The van der Waals surface area contributed by atoms with Crippen LogP contribution in [0.1, 0.15) is 5.56 Å². The number of allylic oxidation sites excluding steroid dienone is 1. The zero-order chi connectivity index (χ0) is 23.2. The lowest BCUT2D eigenvalue weighted by atomic mass is 10.1. The van der Waals surface area contributed by atoms with Crippen molar-refractivity contribution in [2.45, 2.75) is 0 Å². The number of thiophene rings is 1. The molecule has 0 spiro atoms. The predicted molar refractivity (Wildman–Crippen MR) is 138 cm³/mol. The summed E-state index contributed by atoms with van der Waals surface area (Å²) >= 11 is 1.82. The molecule has 0 amide bonds. The van der Waals surface area contributed by atoms with Gasteiger partial charge in [0.05, 0.1) is 11.0 Å². The Bertz CT molecular complexity index is 1820. The molecule has 2 aromatic heterocycles. The first-order valence-electron chi connectivity index (χ1n) is 10.5. The van der Waals surface area contributed by atoms with Crippen LogP contribution in [0.2, 0.25) is 0 Å². The molecule has 0 fully saturated rings. The molecule has 0 aliphatic heterocycles. The van der Waals surface area contributed by atoms with E-state index in [-0.39, 0.29) is 5.76 Å². The second kappa shape index (κ2) is 8.09. The molecule has 0 saturated carbocycles. The number of benzene rings is 4. The van der Waals surface area contributed by atoms with Crippen molar-refractivity contribution in [3.8, 4) is 11.8 Å². The Kier molecular flexibility index (Phi) is 4.90. The van der Waals surface area contributed by atoms with Gasteiger partial charge in [-0.2, -0.15) is 5.26 Å². The van der Waals surface area contributed by atoms with Gasteiger partial charge in [0.25, 0.3) is 5.76 Å². The number of nitriles is 1. The largest absolute Gasteiger partial charge is 0.748 e. The molecular formula is C27H16N2O3PS+. The molecule has 1 atom stereocenters. The summed E-state index contributed by atoms with van der Waals surface area (Å²) in [5.41, 5.74) is 3.92. The van der Waals surface area contributed by atoms with Crippen molar-refractivity contribution in [3.63, 3.8) is 0 Å². The highest BCUT2D eigenvalue weighted by molar-refractivity contribution is 7.32. The van der Waals surface area contributed by atoms with Gasteiger partial charge in [0, 0.05) is 47.3 Å². The Hall–Kier alpha value is -4.01. The van der Waals surface area contributed by atoms with Crippen molar-refractivity contribution in [3.05, 3.63) is 96.3 Å². The molecule has 0 saturated heterocycles. The Labute approximate surface area is 199 Å². The average molecular weight is 479 g/mol. The highest BCUT2D eigenvalue weighted by atomic mass is 32.1. The van der Waals surface area contributed by atoms with Gasteiger partial charge in [0.1, 0.15) is 6.07 Å². The number of hydrogen-bond acceptors (Lipinski definition) is 4. The van der Waals surface area contributed by atoms with Crippen LogP contribution in [-0.4, -0.2) is 9.46 Å². The molecule has 0 aliphatic rings. The highest BCUT2D eigenvalue weighted by Gasteiger charge is 2.18. The second-order valence-corrected chi connectivity index (χ2v) is 9.54. The molecule has 6 rings (SSSR count). The minimum Gasteiger partial charge on any atom is -0.309 e. The van der Waals surface area contributed by atoms with Gasteiger partial charge in [-0.05, 0) is 35.9 Å². The molecule has 0 radical (unpaired) electrons. The summed E-state index contributed by atoms with van der Waals surface area (Å²) in [6, 6.07) is 30.8. The van der Waals surface area contributed by atoms with Crippen LogP contribution in [0.15, 0.2) is 90.7 Å². The van der Waals surface area contributed by atoms with Crippen LogP contribution in [0.4, 0.5) is 0 Å². The lowest BCUT2D eigenvalue weighted by molar-refractivity contribution is 0.365. The van der Waals surface area contributed by atoms with E-state index in [4.69, 9.17) is 10.2 Å². The monoisotopic (exact) mass is 479 g/mol. The average Bonchev–Trinajstić information content (AvgIpc) is 3.39. The number of nitrogens with zero attached hydrogens (tertiary/aromatic N) is 2. The Morgan fingerprint density at radius 1 is 0.912 bits per heavy atom. The van der Waals surface area contributed by atoms with Gasteiger partial charge in [0.2, 0.25) is 0 Å². The maximum absolute atomic E-state index is 10.9. The summed E-state index contributed by atoms with van der Waals surface area (Å²) in [5, 5.41) is 14.1. The number of para-hydroxylation sites is 1. The summed E-state index contributed by atoms with van der Waals surface area (Å²) < 4.78 is 20.3. The van der Waals surface area contributed by atoms with Crippen molar-refractivity contribution in [2.75, 3.05) is 0 Å². The minimum absolute atomic E-state index is 0.208. The van der Waals surface area contributed by atoms with E-state index < -0.39 is 8.25 Å². The normalized spacial score (nSPS) is 12.5. The zero-order valence-electron chi connectivity index (χ0n) is 17.7. The molecule has 7 heteroatoms. The highest BCUT2D eigenvalue weighted by Crippen LogP contribution is 2.43. The van der Waals surface area contributed by atoms with Crippen LogP contribution < -0.4 is 0 Å². The molecule has 0 aliphatic carbocycles. The fraction of sp³-hybridized carbons (Fsp3) is 0. The number of aromatic nitrogens is 1. The number of hydrogen-bond donors (Lipinski definition) is 1. The van der Waals surface area contributed by atoms with E-state index in [1.807, 2.05) is 41.7 Å². The topological polar surface area (TPSA) is 75.2 Å². The van der Waals surface area contributed by atoms with Crippen LogP contribution >= 0.6 is 19.6 Å². The lowest BCUT2D eigenvalue weighted by Crippen LogP contribution is -1.93. The maximum atomic E-state index is 10.9. The van der Waals surface area contributed by atoms with Crippen LogP contribution in [0.3, 0.4) is 0 Å². The van der Waals surface area contributed by atoms with E-state index in [0.717, 1.165) is 16.7 Å². The van der Waals surface area contributed by atoms with Crippen molar-refractivity contribution in [1.29, 1.82) is 5.26 Å². The SMILES string of the molecule is N#CC(=Cc1ccc(-n2c3ccccc3c3c4sc5ccccc5c4ccc32)cc1)O[P+](=O)O. The smallest absolute Gasteiger partial charge is 0.309 e. The zero-order valence-corrected chi connectivity index (χ0v) is 19.4. The second-order valence-electron chi connectivity index (χ2n) is 7.83. The predicted octanol–water partition coefficient (Wildman–Crippen LogP) is 7.68. The van der Waals surface area contributed by atoms with E-state index in [2.05, 4.69) is 63.7 Å². The molecule has 6 aromatic rings. The van der Waals surface area contributed by atoms with Gasteiger partial charge in [0.15, 0.2) is 0 Å². The molecule has 4 aromatic carbocycles. The fourth-order valence-corrected chi connectivity index (χ4v) is 6.07. The Morgan fingerprint density at radius 3 is 2.41 bits per heavy atom. The lowest BCUT2D eigenvalue weighted by Gasteiger charge is -2.08. The fourth-order valence-electron chi connectivity index (χ4n) is 4.55. The third kappa shape index (κ3) is 3.27. The maximum Gasteiger partial charge on any atom is 0.748 e. The quantitative estimate of drug-likeness (QED) is 0.160. The van der Waals surface area contributed by atoms with Crippen molar-refractivity contribution in [2.24, 2.45) is 0 Å².